The van der Waals surface area contributed by atoms with E-state index in [0.717, 1.165) is 23.5 Å². The number of carbonyl (C=O) groups is 1. The number of carbonyl (C=O) groups excluding carboxylic acids is 1. The molecule has 5 rings (SSSR count). The van der Waals surface area contributed by atoms with Gasteiger partial charge in [0.15, 0.2) is 16.3 Å². The first kappa shape index (κ1) is 29.9. The highest BCUT2D eigenvalue weighted by atomic mass is 79.9. The fourth-order valence-electron chi connectivity index (χ4n) is 4.69. The summed E-state index contributed by atoms with van der Waals surface area (Å²) >= 11 is 4.66. The molecule has 1 atom stereocenters. The van der Waals surface area contributed by atoms with Gasteiger partial charge < -0.3 is 18.6 Å². The van der Waals surface area contributed by atoms with Crippen LogP contribution in [0.2, 0.25) is 0 Å². The number of thiazole rings is 1. The molecular weight excluding hydrogens is 649 g/mol. The Hall–Kier alpha value is -4.56. The average molecular weight is 672 g/mol. The van der Waals surface area contributed by atoms with E-state index in [9.17, 15) is 24.1 Å². The fourth-order valence-corrected chi connectivity index (χ4v) is 6.25. The van der Waals surface area contributed by atoms with Gasteiger partial charge in [-0.1, -0.05) is 27.3 Å². The first-order chi connectivity index (χ1) is 20.6. The molecule has 4 aromatic rings. The second-order valence-corrected chi connectivity index (χ2v) is 11.0. The van der Waals surface area contributed by atoms with Crippen LogP contribution < -0.4 is 24.4 Å². The molecular formula is C29H23BrFN3O8S. The lowest BCUT2D eigenvalue weighted by atomic mass is 9.95. The van der Waals surface area contributed by atoms with Crippen molar-refractivity contribution >= 4 is 45.0 Å². The number of ether oxygens (including phenoxy) is 3. The summed E-state index contributed by atoms with van der Waals surface area (Å²) in [5, 5.41) is 11.2. The van der Waals surface area contributed by atoms with Gasteiger partial charge in [0.1, 0.15) is 11.5 Å². The summed E-state index contributed by atoms with van der Waals surface area (Å²) in [6.45, 7) is 3.48. The Morgan fingerprint density at radius 2 is 1.93 bits per heavy atom. The zero-order valence-electron chi connectivity index (χ0n) is 23.2. The molecule has 0 aliphatic carbocycles. The van der Waals surface area contributed by atoms with Gasteiger partial charge >= 0.3 is 11.7 Å². The molecule has 0 N–H and O–H groups in total. The monoisotopic (exact) mass is 671 g/mol. The summed E-state index contributed by atoms with van der Waals surface area (Å²) in [6.07, 6.45) is 1.51. The van der Waals surface area contributed by atoms with Crippen LogP contribution in [-0.4, -0.2) is 36.3 Å². The Kier molecular flexibility index (Phi) is 8.33. The number of nitrogens with zero attached hydrogens (tertiary/aromatic N) is 3. The normalized spacial score (nSPS) is 14.7. The van der Waals surface area contributed by atoms with Gasteiger partial charge in [-0.2, -0.15) is 4.39 Å². The van der Waals surface area contributed by atoms with E-state index >= 15 is 0 Å². The first-order valence-electron chi connectivity index (χ1n) is 12.7. The van der Waals surface area contributed by atoms with Crippen LogP contribution in [0.3, 0.4) is 0 Å². The van der Waals surface area contributed by atoms with Crippen LogP contribution in [0.4, 0.5) is 10.1 Å². The zero-order chi connectivity index (χ0) is 31.0. The third-order valence-corrected chi connectivity index (χ3v) is 8.31. The highest BCUT2D eigenvalue weighted by molar-refractivity contribution is 9.10. The third-order valence-electron chi connectivity index (χ3n) is 6.64. The van der Waals surface area contributed by atoms with Crippen LogP contribution in [0, 0.1) is 15.9 Å². The molecule has 0 unspecified atom stereocenters. The molecule has 14 heteroatoms. The number of esters is 1. The number of benzene rings is 2. The molecule has 1 aliphatic heterocycles. The minimum Gasteiger partial charge on any atom is -0.493 e. The number of rotatable bonds is 8. The van der Waals surface area contributed by atoms with E-state index < -0.39 is 34.0 Å². The molecule has 2 aromatic carbocycles. The summed E-state index contributed by atoms with van der Waals surface area (Å²) in [5.41, 5.74) is 0.282. The smallest absolute Gasteiger partial charge is 0.338 e. The zero-order valence-corrected chi connectivity index (χ0v) is 25.6. The second-order valence-electron chi connectivity index (χ2n) is 9.16. The molecule has 222 valence electrons. The topological polar surface area (TPSA) is 135 Å². The summed E-state index contributed by atoms with van der Waals surface area (Å²) in [7, 11) is 2.98. The molecule has 1 aliphatic rings. The highest BCUT2D eigenvalue weighted by Gasteiger charge is 2.35. The van der Waals surface area contributed by atoms with Crippen molar-refractivity contribution in [2.24, 2.45) is 4.99 Å². The van der Waals surface area contributed by atoms with Crippen molar-refractivity contribution in [3.05, 3.63) is 105 Å². The van der Waals surface area contributed by atoms with E-state index in [4.69, 9.17) is 18.6 Å². The fraction of sp³-hybridized carbons (Fsp3) is 0.207. The lowest BCUT2D eigenvalue weighted by Gasteiger charge is -2.26. The summed E-state index contributed by atoms with van der Waals surface area (Å²) in [5.74, 6) is -0.218. The van der Waals surface area contributed by atoms with Gasteiger partial charge in [-0.15, -0.1) is 0 Å². The summed E-state index contributed by atoms with van der Waals surface area (Å²) in [6, 6.07) is 9.02. The quantitative estimate of drug-likeness (QED) is 0.147. The van der Waals surface area contributed by atoms with Crippen LogP contribution in [0.15, 0.2) is 72.4 Å². The molecule has 0 fully saturated rings. The Morgan fingerprint density at radius 3 is 2.60 bits per heavy atom. The lowest BCUT2D eigenvalue weighted by molar-refractivity contribution is -0.387. The van der Waals surface area contributed by atoms with E-state index in [1.165, 1.54) is 30.9 Å². The Balaban J connectivity index is 1.66. The molecule has 0 radical (unpaired) electrons. The molecule has 0 bridgehead atoms. The number of fused-ring (bicyclic) bond motifs is 1. The standard InChI is InChI=1S/C29H23BrFN3O8S/c1-5-41-28(36)25-14(2)32-29-33(26(25)17-12-22(39-3)23(40-4)13-18(17)30)27(35)24(43-29)11-16-7-9-21(42-16)15-6-8-19(31)20(10-15)34(37)38/h6-13,26H,5H2,1-4H3/b24-11-/t26-/m1/s1. The SMILES string of the molecule is CCOC(=O)C1=C(C)N=c2s/c(=C\c3ccc(-c4ccc(F)c([N+](=O)[O-])c4)o3)c(=O)n2[C@@H]1c1cc(OC)c(OC)cc1Br. The van der Waals surface area contributed by atoms with Crippen LogP contribution in [0.5, 0.6) is 11.5 Å². The molecule has 0 saturated carbocycles. The average Bonchev–Trinajstić information content (AvgIpc) is 3.56. The van der Waals surface area contributed by atoms with E-state index in [0.29, 0.717) is 37.6 Å². The second kappa shape index (κ2) is 12.0. The first-order valence-corrected chi connectivity index (χ1v) is 14.3. The van der Waals surface area contributed by atoms with Crippen molar-refractivity contribution in [1.82, 2.24) is 4.57 Å². The van der Waals surface area contributed by atoms with Crippen molar-refractivity contribution in [1.29, 1.82) is 0 Å². The number of furan rings is 1. The predicted molar refractivity (Wildman–Crippen MR) is 158 cm³/mol. The maximum atomic E-state index is 13.9. The van der Waals surface area contributed by atoms with Gasteiger partial charge in [0.25, 0.3) is 5.56 Å². The van der Waals surface area contributed by atoms with Crippen molar-refractivity contribution in [3.63, 3.8) is 0 Å². The van der Waals surface area contributed by atoms with E-state index in [1.54, 1.807) is 38.1 Å². The maximum absolute atomic E-state index is 13.9. The number of hydrogen-bond donors (Lipinski definition) is 0. The number of allylic oxidation sites excluding steroid dienone is 1. The number of nitro benzene ring substituents is 1. The molecule has 0 spiro atoms. The van der Waals surface area contributed by atoms with Gasteiger partial charge in [-0.05, 0) is 55.8 Å². The molecule has 3 heterocycles. The highest BCUT2D eigenvalue weighted by Crippen LogP contribution is 2.41. The van der Waals surface area contributed by atoms with Gasteiger partial charge in [-0.25, -0.2) is 9.79 Å². The third kappa shape index (κ3) is 5.50. The van der Waals surface area contributed by atoms with E-state index in [-0.39, 0.29) is 28.2 Å². The van der Waals surface area contributed by atoms with E-state index in [1.807, 2.05) is 0 Å². The summed E-state index contributed by atoms with van der Waals surface area (Å²) in [4.78, 5) is 42.4. The molecule has 2 aromatic heterocycles. The molecule has 11 nitrogen and oxygen atoms in total. The Labute approximate surface area is 255 Å². The number of nitro groups is 1. The van der Waals surface area contributed by atoms with Crippen LogP contribution in [0.25, 0.3) is 17.4 Å². The predicted octanol–water partition coefficient (Wildman–Crippen LogP) is 4.89. The maximum Gasteiger partial charge on any atom is 0.338 e. The number of methoxy groups -OCH3 is 2. The largest absolute Gasteiger partial charge is 0.493 e. The minimum atomic E-state index is -0.963. The minimum absolute atomic E-state index is 0.123. The van der Waals surface area contributed by atoms with Crippen molar-refractivity contribution in [2.75, 3.05) is 20.8 Å². The van der Waals surface area contributed by atoms with Crippen LogP contribution >= 0.6 is 27.3 Å². The molecule has 43 heavy (non-hydrogen) atoms. The lowest BCUT2D eigenvalue weighted by Crippen LogP contribution is -2.40. The molecule has 0 saturated heterocycles. The van der Waals surface area contributed by atoms with Gasteiger partial charge in [0.05, 0.1) is 47.6 Å². The molecule has 0 amide bonds. The van der Waals surface area contributed by atoms with Gasteiger partial charge in [0.2, 0.25) is 5.82 Å². The van der Waals surface area contributed by atoms with Crippen LogP contribution in [0.1, 0.15) is 31.2 Å². The number of aromatic nitrogens is 1. The Bertz CT molecular complexity index is 1990. The van der Waals surface area contributed by atoms with Crippen LogP contribution in [-0.2, 0) is 9.53 Å². The van der Waals surface area contributed by atoms with Crippen molar-refractivity contribution in [2.45, 2.75) is 19.9 Å². The van der Waals surface area contributed by atoms with Gasteiger partial charge in [0, 0.05) is 22.2 Å². The Morgan fingerprint density at radius 1 is 1.21 bits per heavy atom. The number of hydrogen-bond acceptors (Lipinski definition) is 10. The van der Waals surface area contributed by atoms with Crippen molar-refractivity contribution in [3.8, 4) is 22.8 Å². The van der Waals surface area contributed by atoms with E-state index in [2.05, 4.69) is 20.9 Å². The van der Waals surface area contributed by atoms with Gasteiger partial charge in [-0.3, -0.25) is 19.5 Å². The number of halogens is 2. The van der Waals surface area contributed by atoms with Crippen molar-refractivity contribution < 1.29 is 32.7 Å². The summed E-state index contributed by atoms with van der Waals surface area (Å²) < 4.78 is 38.1.